The lowest BCUT2D eigenvalue weighted by atomic mass is 10.2. The molecule has 1 aliphatic carbocycles. The van der Waals surface area contributed by atoms with Gasteiger partial charge in [-0.15, -0.1) is 0 Å². The van der Waals surface area contributed by atoms with Gasteiger partial charge in [-0.05, 0) is 37.5 Å². The molecule has 1 aliphatic rings. The number of rotatable bonds is 9. The highest BCUT2D eigenvalue weighted by molar-refractivity contribution is 7.98. The van der Waals surface area contributed by atoms with Crippen molar-refractivity contribution in [2.24, 2.45) is 0 Å². The summed E-state index contributed by atoms with van der Waals surface area (Å²) in [7, 11) is -3.79. The van der Waals surface area contributed by atoms with Crippen molar-refractivity contribution in [2.75, 3.05) is 12.3 Å². The topological polar surface area (TPSA) is 75.3 Å². The van der Waals surface area contributed by atoms with Crippen molar-refractivity contribution in [3.05, 3.63) is 63.1 Å². The van der Waals surface area contributed by atoms with E-state index in [1.807, 2.05) is 6.92 Å². The first-order valence-corrected chi connectivity index (χ1v) is 12.6. The zero-order chi connectivity index (χ0) is 21.0. The SMILES string of the molecule is Cc1ccc(CSCCNC(=O)c2cc(S(=O)(=O)NC3CC3)c(Cl)cc2Cl)cc1. The molecule has 2 aromatic carbocycles. The summed E-state index contributed by atoms with van der Waals surface area (Å²) in [5.74, 6) is 1.15. The number of aryl methyl sites for hydroxylation is 1. The van der Waals surface area contributed by atoms with Crippen LogP contribution in [-0.4, -0.2) is 32.7 Å². The Morgan fingerprint density at radius 3 is 2.48 bits per heavy atom. The first-order chi connectivity index (χ1) is 13.8. The van der Waals surface area contributed by atoms with Crippen LogP contribution in [0.4, 0.5) is 0 Å². The minimum absolute atomic E-state index is 0.00615. The van der Waals surface area contributed by atoms with E-state index in [1.54, 1.807) is 11.8 Å². The van der Waals surface area contributed by atoms with Gasteiger partial charge in [0.2, 0.25) is 10.0 Å². The van der Waals surface area contributed by atoms with Gasteiger partial charge >= 0.3 is 0 Å². The summed E-state index contributed by atoms with van der Waals surface area (Å²) >= 11 is 13.9. The highest BCUT2D eigenvalue weighted by Gasteiger charge is 2.30. The van der Waals surface area contributed by atoms with Crippen LogP contribution in [0.1, 0.15) is 34.3 Å². The van der Waals surface area contributed by atoms with Gasteiger partial charge in [-0.3, -0.25) is 4.79 Å². The van der Waals surface area contributed by atoms with E-state index in [-0.39, 0.29) is 26.5 Å². The van der Waals surface area contributed by atoms with Crippen LogP contribution in [0.5, 0.6) is 0 Å². The summed E-state index contributed by atoms with van der Waals surface area (Å²) < 4.78 is 27.5. The smallest absolute Gasteiger partial charge is 0.252 e. The average Bonchev–Trinajstić information content (AvgIpc) is 3.46. The highest BCUT2D eigenvalue weighted by atomic mass is 35.5. The van der Waals surface area contributed by atoms with E-state index in [0.29, 0.717) is 6.54 Å². The molecule has 0 aliphatic heterocycles. The molecule has 1 amide bonds. The largest absolute Gasteiger partial charge is 0.351 e. The summed E-state index contributed by atoms with van der Waals surface area (Å²) in [6.07, 6.45) is 1.61. The van der Waals surface area contributed by atoms with Crippen molar-refractivity contribution in [3.63, 3.8) is 0 Å². The normalized spacial score (nSPS) is 14.0. The van der Waals surface area contributed by atoms with Crippen molar-refractivity contribution >= 4 is 50.9 Å². The van der Waals surface area contributed by atoms with Gasteiger partial charge in [0.15, 0.2) is 0 Å². The molecule has 29 heavy (non-hydrogen) atoms. The molecule has 3 rings (SSSR count). The Labute approximate surface area is 185 Å². The van der Waals surface area contributed by atoms with Gasteiger partial charge in [-0.2, -0.15) is 11.8 Å². The molecule has 2 N–H and O–H groups in total. The Morgan fingerprint density at radius 2 is 1.83 bits per heavy atom. The maximum Gasteiger partial charge on any atom is 0.252 e. The molecule has 0 atom stereocenters. The summed E-state index contributed by atoms with van der Waals surface area (Å²) in [4.78, 5) is 12.4. The Balaban J connectivity index is 1.57. The lowest BCUT2D eigenvalue weighted by Gasteiger charge is -2.12. The van der Waals surface area contributed by atoms with Crippen LogP contribution in [0.25, 0.3) is 0 Å². The predicted molar refractivity (Wildman–Crippen MR) is 119 cm³/mol. The fourth-order valence-corrected chi connectivity index (χ4v) is 5.58. The van der Waals surface area contributed by atoms with E-state index in [4.69, 9.17) is 23.2 Å². The number of amides is 1. The Hall–Kier alpha value is -1.25. The molecule has 0 bridgehead atoms. The first kappa shape index (κ1) is 22.4. The number of nitrogens with one attached hydrogen (secondary N) is 2. The van der Waals surface area contributed by atoms with E-state index in [2.05, 4.69) is 34.3 Å². The fraction of sp³-hybridized carbons (Fsp3) is 0.350. The molecule has 1 fully saturated rings. The van der Waals surface area contributed by atoms with Gasteiger partial charge < -0.3 is 5.32 Å². The van der Waals surface area contributed by atoms with E-state index >= 15 is 0 Å². The van der Waals surface area contributed by atoms with Crippen LogP contribution in [0.3, 0.4) is 0 Å². The molecule has 0 saturated heterocycles. The van der Waals surface area contributed by atoms with Crippen LogP contribution >= 0.6 is 35.0 Å². The molecule has 0 radical (unpaired) electrons. The molecule has 2 aromatic rings. The predicted octanol–water partition coefficient (Wildman–Crippen LogP) is 4.41. The second-order valence-corrected chi connectivity index (χ2v) is 10.6. The minimum atomic E-state index is -3.79. The van der Waals surface area contributed by atoms with Crippen LogP contribution < -0.4 is 10.0 Å². The first-order valence-electron chi connectivity index (χ1n) is 9.19. The Morgan fingerprint density at radius 1 is 1.14 bits per heavy atom. The quantitative estimate of drug-likeness (QED) is 0.530. The molecular weight excluding hydrogens is 451 g/mol. The molecule has 1 saturated carbocycles. The van der Waals surface area contributed by atoms with E-state index in [9.17, 15) is 13.2 Å². The zero-order valence-electron chi connectivity index (χ0n) is 15.9. The number of sulfonamides is 1. The number of thioether (sulfide) groups is 1. The number of benzene rings is 2. The molecule has 0 aromatic heterocycles. The van der Waals surface area contributed by atoms with Crippen LogP contribution in [0.2, 0.25) is 10.0 Å². The summed E-state index contributed by atoms with van der Waals surface area (Å²) in [5.41, 5.74) is 2.54. The van der Waals surface area contributed by atoms with Crippen LogP contribution in [0, 0.1) is 6.92 Å². The molecule has 5 nitrogen and oxygen atoms in total. The van der Waals surface area contributed by atoms with Gasteiger partial charge in [-0.25, -0.2) is 13.1 Å². The minimum Gasteiger partial charge on any atom is -0.351 e. The molecule has 0 spiro atoms. The van der Waals surface area contributed by atoms with Crippen LogP contribution in [-0.2, 0) is 15.8 Å². The molecule has 0 unspecified atom stereocenters. The molecule has 0 heterocycles. The molecular formula is C20H22Cl2N2O3S2. The standard InChI is InChI=1S/C20H22Cl2N2O3S2/c1-13-2-4-14(5-3-13)12-28-9-8-23-20(25)16-10-19(18(22)11-17(16)21)29(26,27)24-15-6-7-15/h2-5,10-11,15,24H,6-9,12H2,1H3,(H,23,25). The lowest BCUT2D eigenvalue weighted by molar-refractivity contribution is 0.0956. The van der Waals surface area contributed by atoms with Crippen LogP contribution in [0.15, 0.2) is 41.3 Å². The average molecular weight is 473 g/mol. The van der Waals surface area contributed by atoms with Gasteiger partial charge in [0, 0.05) is 24.1 Å². The lowest BCUT2D eigenvalue weighted by Crippen LogP contribution is -2.28. The van der Waals surface area contributed by atoms with E-state index < -0.39 is 15.9 Å². The van der Waals surface area contributed by atoms with Crippen molar-refractivity contribution in [3.8, 4) is 0 Å². The summed E-state index contributed by atoms with van der Waals surface area (Å²) in [5, 5.41) is 2.89. The Bertz CT molecular complexity index is 992. The third-order valence-corrected chi connectivity index (χ3v) is 7.70. The fourth-order valence-electron chi connectivity index (χ4n) is 2.60. The second-order valence-electron chi connectivity index (χ2n) is 6.95. The second kappa shape index (κ2) is 9.71. The van der Waals surface area contributed by atoms with Gasteiger partial charge in [-0.1, -0.05) is 53.0 Å². The third-order valence-electron chi connectivity index (χ3n) is 4.38. The van der Waals surface area contributed by atoms with Crippen molar-refractivity contribution in [1.82, 2.24) is 10.0 Å². The third kappa shape index (κ3) is 6.36. The Kier molecular flexibility index (Phi) is 7.51. The number of hydrogen-bond donors (Lipinski definition) is 2. The highest BCUT2D eigenvalue weighted by Crippen LogP contribution is 2.30. The van der Waals surface area contributed by atoms with Crippen molar-refractivity contribution in [1.29, 1.82) is 0 Å². The molecule has 156 valence electrons. The monoisotopic (exact) mass is 472 g/mol. The van der Waals surface area contributed by atoms with E-state index in [0.717, 1.165) is 24.3 Å². The summed E-state index contributed by atoms with van der Waals surface area (Å²) in [6, 6.07) is 10.8. The van der Waals surface area contributed by atoms with Gasteiger partial charge in [0.05, 0.1) is 15.6 Å². The maximum atomic E-state index is 12.5. The maximum absolute atomic E-state index is 12.5. The number of halogens is 2. The van der Waals surface area contributed by atoms with E-state index in [1.165, 1.54) is 23.3 Å². The number of carbonyl (C=O) groups is 1. The van der Waals surface area contributed by atoms with Gasteiger partial charge in [0.1, 0.15) is 4.90 Å². The number of hydrogen-bond acceptors (Lipinski definition) is 4. The van der Waals surface area contributed by atoms with Gasteiger partial charge in [0.25, 0.3) is 5.91 Å². The zero-order valence-corrected chi connectivity index (χ0v) is 19.0. The van der Waals surface area contributed by atoms with Crippen molar-refractivity contribution < 1.29 is 13.2 Å². The molecule has 9 heteroatoms. The number of carbonyl (C=O) groups excluding carboxylic acids is 1. The summed E-state index contributed by atoms with van der Waals surface area (Å²) in [6.45, 7) is 2.49. The van der Waals surface area contributed by atoms with Crippen molar-refractivity contribution in [2.45, 2.75) is 36.5 Å².